The van der Waals surface area contributed by atoms with E-state index in [1.807, 2.05) is 19.1 Å². The van der Waals surface area contributed by atoms with Crippen molar-refractivity contribution in [3.63, 3.8) is 0 Å². The maximum absolute atomic E-state index is 12.3. The number of nitrogens with zero attached hydrogens (tertiary/aromatic N) is 1. The van der Waals surface area contributed by atoms with Crippen molar-refractivity contribution in [1.29, 1.82) is 0 Å². The Bertz CT molecular complexity index is 502. The van der Waals surface area contributed by atoms with Gasteiger partial charge in [-0.1, -0.05) is 22.0 Å². The van der Waals surface area contributed by atoms with E-state index < -0.39 is 0 Å². The van der Waals surface area contributed by atoms with Crippen LogP contribution in [0.1, 0.15) is 22.3 Å². The average molecular weight is 311 g/mol. The van der Waals surface area contributed by atoms with E-state index in [4.69, 9.17) is 5.73 Å². The summed E-state index contributed by atoms with van der Waals surface area (Å²) in [6.07, 6.45) is 0.661. The van der Waals surface area contributed by atoms with Crippen LogP contribution in [0.5, 0.6) is 0 Å². The largest absolute Gasteiger partial charge is 0.369 e. The molecule has 2 N–H and O–H groups in total. The quantitative estimate of drug-likeness (QED) is 0.903. The Morgan fingerprint density at radius 2 is 2.17 bits per heavy atom. The van der Waals surface area contributed by atoms with Gasteiger partial charge in [0.15, 0.2) is 0 Å². The van der Waals surface area contributed by atoms with Crippen molar-refractivity contribution >= 4 is 27.7 Å². The zero-order valence-corrected chi connectivity index (χ0v) is 11.7. The maximum atomic E-state index is 12.3. The number of hydrogen-bond acceptors (Lipinski definition) is 2. The first kappa shape index (κ1) is 13.1. The van der Waals surface area contributed by atoms with Crippen LogP contribution in [0.15, 0.2) is 22.7 Å². The second-order valence-corrected chi connectivity index (χ2v) is 5.41. The van der Waals surface area contributed by atoms with Gasteiger partial charge in [0.25, 0.3) is 5.91 Å². The molecule has 18 heavy (non-hydrogen) atoms. The zero-order valence-electron chi connectivity index (χ0n) is 10.1. The molecule has 1 unspecified atom stereocenters. The molecule has 0 aromatic heterocycles. The number of likely N-dealkylation sites (tertiary alicyclic amines) is 1. The molecule has 1 heterocycles. The van der Waals surface area contributed by atoms with Crippen molar-refractivity contribution in [2.24, 2.45) is 11.7 Å². The Morgan fingerprint density at radius 1 is 1.44 bits per heavy atom. The van der Waals surface area contributed by atoms with Crippen LogP contribution in [0.4, 0.5) is 0 Å². The van der Waals surface area contributed by atoms with Gasteiger partial charge in [0.05, 0.1) is 5.92 Å². The summed E-state index contributed by atoms with van der Waals surface area (Å²) >= 11 is 3.41. The van der Waals surface area contributed by atoms with Crippen LogP contribution in [-0.2, 0) is 4.79 Å². The molecule has 2 rings (SSSR count). The summed E-state index contributed by atoms with van der Waals surface area (Å²) in [6, 6.07) is 5.55. The van der Waals surface area contributed by atoms with Gasteiger partial charge in [-0.15, -0.1) is 0 Å². The van der Waals surface area contributed by atoms with E-state index in [2.05, 4.69) is 15.9 Å². The Balaban J connectivity index is 2.18. The minimum absolute atomic E-state index is 0.0300. The van der Waals surface area contributed by atoms with Crippen LogP contribution < -0.4 is 5.73 Å². The van der Waals surface area contributed by atoms with E-state index in [0.717, 1.165) is 10.0 Å². The first-order chi connectivity index (χ1) is 8.50. The molecule has 1 aromatic carbocycles. The lowest BCUT2D eigenvalue weighted by molar-refractivity contribution is -0.121. The predicted octanol–water partition coefficient (Wildman–Crippen LogP) is 1.70. The third kappa shape index (κ3) is 2.41. The van der Waals surface area contributed by atoms with Gasteiger partial charge in [0.2, 0.25) is 5.91 Å². The molecule has 1 atom stereocenters. The van der Waals surface area contributed by atoms with E-state index in [1.165, 1.54) is 0 Å². The Labute approximate surface area is 114 Å². The molecule has 4 nitrogen and oxygen atoms in total. The molecule has 2 amide bonds. The fraction of sp³-hybridized carbons (Fsp3) is 0.385. The van der Waals surface area contributed by atoms with Crippen molar-refractivity contribution in [3.8, 4) is 0 Å². The highest BCUT2D eigenvalue weighted by Gasteiger charge is 2.30. The first-order valence-corrected chi connectivity index (χ1v) is 6.63. The van der Waals surface area contributed by atoms with Crippen LogP contribution in [0.3, 0.4) is 0 Å². The number of primary amides is 1. The molecular weight excluding hydrogens is 296 g/mol. The number of carbonyl (C=O) groups excluding carboxylic acids is 2. The Morgan fingerprint density at radius 3 is 2.78 bits per heavy atom. The molecule has 96 valence electrons. The van der Waals surface area contributed by atoms with E-state index in [9.17, 15) is 9.59 Å². The molecule has 0 spiro atoms. The number of amides is 2. The second kappa shape index (κ2) is 5.10. The summed E-state index contributed by atoms with van der Waals surface area (Å²) in [5, 5.41) is 0. The predicted molar refractivity (Wildman–Crippen MR) is 72.1 cm³/mol. The van der Waals surface area contributed by atoms with Crippen LogP contribution >= 0.6 is 15.9 Å². The Hall–Kier alpha value is -1.36. The van der Waals surface area contributed by atoms with Crippen LogP contribution in [-0.4, -0.2) is 29.8 Å². The molecule has 0 aliphatic carbocycles. The molecule has 1 fully saturated rings. The van der Waals surface area contributed by atoms with E-state index in [1.54, 1.807) is 11.0 Å². The van der Waals surface area contributed by atoms with Crippen molar-refractivity contribution < 1.29 is 9.59 Å². The van der Waals surface area contributed by atoms with Gasteiger partial charge >= 0.3 is 0 Å². The monoisotopic (exact) mass is 310 g/mol. The first-order valence-electron chi connectivity index (χ1n) is 5.84. The van der Waals surface area contributed by atoms with Gasteiger partial charge in [-0.3, -0.25) is 9.59 Å². The zero-order chi connectivity index (χ0) is 13.3. The third-order valence-corrected chi connectivity index (χ3v) is 4.24. The highest BCUT2D eigenvalue weighted by Crippen LogP contribution is 2.23. The third-order valence-electron chi connectivity index (χ3n) is 3.38. The number of halogens is 1. The molecular formula is C13H15BrN2O2. The standard InChI is InChI=1S/C13H15BrN2O2/c1-8-10(3-2-4-11(8)14)13(18)16-6-5-9(7-16)12(15)17/h2-4,9H,5-7H2,1H3,(H2,15,17). The molecule has 0 bridgehead atoms. The smallest absolute Gasteiger partial charge is 0.254 e. The van der Waals surface area contributed by atoms with Crippen LogP contribution in [0.2, 0.25) is 0 Å². The number of rotatable bonds is 2. The fourth-order valence-corrected chi connectivity index (χ4v) is 2.55. The van der Waals surface area contributed by atoms with E-state index in [-0.39, 0.29) is 17.7 Å². The molecule has 1 aliphatic rings. The SMILES string of the molecule is Cc1c(Br)cccc1C(=O)N1CCC(C(N)=O)C1. The van der Waals surface area contributed by atoms with Gasteiger partial charge in [-0.05, 0) is 31.0 Å². The van der Waals surface area contributed by atoms with Crippen molar-refractivity contribution in [1.82, 2.24) is 4.90 Å². The fourth-order valence-electron chi connectivity index (χ4n) is 2.19. The Kier molecular flexibility index (Phi) is 3.71. The van der Waals surface area contributed by atoms with Gasteiger partial charge in [0, 0.05) is 23.1 Å². The van der Waals surface area contributed by atoms with E-state index >= 15 is 0 Å². The number of carbonyl (C=O) groups is 2. The summed E-state index contributed by atoms with van der Waals surface area (Å²) in [4.78, 5) is 25.1. The van der Waals surface area contributed by atoms with Gasteiger partial charge < -0.3 is 10.6 Å². The minimum atomic E-state index is -0.323. The maximum Gasteiger partial charge on any atom is 0.254 e. The second-order valence-electron chi connectivity index (χ2n) is 4.55. The molecule has 1 saturated heterocycles. The summed E-state index contributed by atoms with van der Waals surface area (Å²) in [7, 11) is 0. The minimum Gasteiger partial charge on any atom is -0.369 e. The summed E-state index contributed by atoms with van der Waals surface area (Å²) < 4.78 is 0.916. The lowest BCUT2D eigenvalue weighted by Crippen LogP contribution is -2.32. The lowest BCUT2D eigenvalue weighted by atomic mass is 10.1. The molecule has 5 heteroatoms. The van der Waals surface area contributed by atoms with Crippen molar-refractivity contribution in [3.05, 3.63) is 33.8 Å². The van der Waals surface area contributed by atoms with Gasteiger partial charge in [0.1, 0.15) is 0 Å². The molecule has 0 saturated carbocycles. The lowest BCUT2D eigenvalue weighted by Gasteiger charge is -2.17. The van der Waals surface area contributed by atoms with Gasteiger partial charge in [-0.25, -0.2) is 0 Å². The number of nitrogens with two attached hydrogens (primary N) is 1. The molecule has 1 aromatic rings. The summed E-state index contributed by atoms with van der Waals surface area (Å²) in [6.45, 7) is 2.93. The van der Waals surface area contributed by atoms with Crippen LogP contribution in [0.25, 0.3) is 0 Å². The van der Waals surface area contributed by atoms with E-state index in [0.29, 0.717) is 25.1 Å². The summed E-state index contributed by atoms with van der Waals surface area (Å²) in [5.41, 5.74) is 6.87. The topological polar surface area (TPSA) is 63.4 Å². The highest BCUT2D eigenvalue weighted by atomic mass is 79.9. The highest BCUT2D eigenvalue weighted by molar-refractivity contribution is 9.10. The number of benzene rings is 1. The molecule has 1 aliphatic heterocycles. The molecule has 0 radical (unpaired) electrons. The number of hydrogen-bond donors (Lipinski definition) is 1. The van der Waals surface area contributed by atoms with Crippen LogP contribution in [0, 0.1) is 12.8 Å². The van der Waals surface area contributed by atoms with Crippen molar-refractivity contribution in [2.75, 3.05) is 13.1 Å². The normalized spacial score (nSPS) is 19.0. The van der Waals surface area contributed by atoms with Crippen molar-refractivity contribution in [2.45, 2.75) is 13.3 Å². The van der Waals surface area contributed by atoms with Gasteiger partial charge in [-0.2, -0.15) is 0 Å². The average Bonchev–Trinajstić information content (AvgIpc) is 2.81. The summed E-state index contributed by atoms with van der Waals surface area (Å²) in [5.74, 6) is -0.560.